The number of aromatic nitrogens is 1. The lowest BCUT2D eigenvalue weighted by atomic mass is 10.0. The number of benzene rings is 3. The average molecular weight is 377 g/mol. The van der Waals surface area contributed by atoms with Crippen molar-refractivity contribution in [1.29, 1.82) is 0 Å². The van der Waals surface area contributed by atoms with Crippen LogP contribution in [0.15, 0.2) is 76.3 Å². The van der Waals surface area contributed by atoms with Gasteiger partial charge in [0.25, 0.3) is 0 Å². The lowest BCUT2D eigenvalue weighted by molar-refractivity contribution is 0.475. The summed E-state index contributed by atoms with van der Waals surface area (Å²) >= 11 is 3.54. The fourth-order valence-electron chi connectivity index (χ4n) is 2.78. The van der Waals surface area contributed by atoms with Crippen LogP contribution in [-0.2, 0) is 0 Å². The van der Waals surface area contributed by atoms with E-state index in [0.29, 0.717) is 5.56 Å². The van der Waals surface area contributed by atoms with Crippen LogP contribution >= 0.6 is 15.9 Å². The highest BCUT2D eigenvalue weighted by molar-refractivity contribution is 9.10. The van der Waals surface area contributed by atoms with Gasteiger partial charge in [-0.25, -0.2) is 0 Å². The van der Waals surface area contributed by atoms with Crippen molar-refractivity contribution < 1.29 is 5.11 Å². The number of phenolic OH excluding ortho intramolecular Hbond substituents is 1. The largest absolute Gasteiger partial charge is 0.507 e. The van der Waals surface area contributed by atoms with E-state index in [1.807, 2.05) is 54.6 Å². The SMILES string of the molecule is Oc1ccc2ccccc2c1C=Nc1ccc(Br)c2cccnc12. The van der Waals surface area contributed by atoms with E-state index >= 15 is 0 Å². The molecule has 3 aromatic carbocycles. The standard InChI is InChI=1S/C20H13BrN2O/c21-17-8-9-18(20-15(17)6-3-11-22-20)23-12-16-14-5-2-1-4-13(14)7-10-19(16)24/h1-12,24H. The Morgan fingerprint density at radius 2 is 1.75 bits per heavy atom. The second kappa shape index (κ2) is 6.06. The second-order valence-corrected chi connectivity index (χ2v) is 6.30. The Morgan fingerprint density at radius 3 is 2.67 bits per heavy atom. The zero-order valence-electron chi connectivity index (χ0n) is 12.6. The number of rotatable bonds is 2. The Bertz CT molecular complexity index is 1090. The van der Waals surface area contributed by atoms with Crippen LogP contribution in [0, 0.1) is 0 Å². The highest BCUT2D eigenvalue weighted by Crippen LogP contribution is 2.31. The van der Waals surface area contributed by atoms with Crippen molar-refractivity contribution in [3.63, 3.8) is 0 Å². The van der Waals surface area contributed by atoms with Crippen LogP contribution in [0.5, 0.6) is 5.75 Å². The first-order valence-corrected chi connectivity index (χ1v) is 8.31. The molecule has 3 nitrogen and oxygen atoms in total. The molecule has 0 saturated heterocycles. The van der Waals surface area contributed by atoms with Gasteiger partial charge in [-0.3, -0.25) is 9.98 Å². The molecule has 0 aliphatic rings. The fourth-order valence-corrected chi connectivity index (χ4v) is 3.23. The summed E-state index contributed by atoms with van der Waals surface area (Å²) in [4.78, 5) is 9.02. The molecule has 0 atom stereocenters. The minimum absolute atomic E-state index is 0.215. The second-order valence-electron chi connectivity index (χ2n) is 5.44. The predicted octanol–water partition coefficient (Wildman–Crippen LogP) is 5.61. The van der Waals surface area contributed by atoms with Crippen LogP contribution in [-0.4, -0.2) is 16.3 Å². The van der Waals surface area contributed by atoms with Gasteiger partial charge >= 0.3 is 0 Å². The van der Waals surface area contributed by atoms with E-state index in [1.54, 1.807) is 18.5 Å². The number of fused-ring (bicyclic) bond motifs is 2. The monoisotopic (exact) mass is 376 g/mol. The first-order chi connectivity index (χ1) is 11.7. The number of phenols is 1. The highest BCUT2D eigenvalue weighted by Gasteiger charge is 2.07. The lowest BCUT2D eigenvalue weighted by Gasteiger charge is -2.06. The van der Waals surface area contributed by atoms with Crippen molar-refractivity contribution in [1.82, 2.24) is 4.98 Å². The summed E-state index contributed by atoms with van der Waals surface area (Å²) in [5.74, 6) is 0.215. The molecule has 1 aromatic heterocycles. The maximum absolute atomic E-state index is 10.2. The van der Waals surface area contributed by atoms with Gasteiger partial charge in [-0.05, 0) is 35.0 Å². The topological polar surface area (TPSA) is 45.5 Å². The van der Waals surface area contributed by atoms with Crippen molar-refractivity contribution in [3.8, 4) is 5.75 Å². The number of aromatic hydroxyl groups is 1. The van der Waals surface area contributed by atoms with Gasteiger partial charge in [0, 0.05) is 27.8 Å². The summed E-state index contributed by atoms with van der Waals surface area (Å²) in [6, 6.07) is 19.3. The zero-order chi connectivity index (χ0) is 16.5. The Morgan fingerprint density at radius 1 is 0.917 bits per heavy atom. The molecule has 4 heteroatoms. The molecule has 0 fully saturated rings. The third-order valence-electron chi connectivity index (χ3n) is 3.98. The number of halogens is 1. The molecule has 0 aliphatic heterocycles. The predicted molar refractivity (Wildman–Crippen MR) is 102 cm³/mol. The number of nitrogens with zero attached hydrogens (tertiary/aromatic N) is 2. The van der Waals surface area contributed by atoms with Crippen molar-refractivity contribution in [2.24, 2.45) is 4.99 Å². The van der Waals surface area contributed by atoms with E-state index in [-0.39, 0.29) is 5.75 Å². The maximum Gasteiger partial charge on any atom is 0.124 e. The molecule has 24 heavy (non-hydrogen) atoms. The highest BCUT2D eigenvalue weighted by atomic mass is 79.9. The Hall–Kier alpha value is -2.72. The molecular weight excluding hydrogens is 364 g/mol. The van der Waals surface area contributed by atoms with Gasteiger partial charge in [-0.1, -0.05) is 52.3 Å². The molecule has 0 spiro atoms. The van der Waals surface area contributed by atoms with Gasteiger partial charge in [0.05, 0.1) is 11.2 Å². The van der Waals surface area contributed by atoms with E-state index < -0.39 is 0 Å². The number of hydrogen-bond donors (Lipinski definition) is 1. The van der Waals surface area contributed by atoms with Gasteiger partial charge in [0.2, 0.25) is 0 Å². The third kappa shape index (κ3) is 2.55. The molecule has 4 rings (SSSR count). The molecule has 0 radical (unpaired) electrons. The average Bonchev–Trinajstić information content (AvgIpc) is 2.63. The summed E-state index contributed by atoms with van der Waals surface area (Å²) in [6.07, 6.45) is 3.46. The first kappa shape index (κ1) is 14.8. The van der Waals surface area contributed by atoms with Gasteiger partial charge in [0.1, 0.15) is 5.75 Å². The molecule has 0 unspecified atom stereocenters. The molecule has 0 amide bonds. The van der Waals surface area contributed by atoms with Gasteiger partial charge < -0.3 is 5.11 Å². The van der Waals surface area contributed by atoms with Crippen LogP contribution in [0.3, 0.4) is 0 Å². The van der Waals surface area contributed by atoms with Crippen LogP contribution in [0.2, 0.25) is 0 Å². The first-order valence-electron chi connectivity index (χ1n) is 7.52. The fraction of sp³-hybridized carbons (Fsp3) is 0. The van der Waals surface area contributed by atoms with E-state index in [4.69, 9.17) is 0 Å². The van der Waals surface area contributed by atoms with E-state index in [0.717, 1.165) is 31.8 Å². The number of hydrogen-bond acceptors (Lipinski definition) is 3. The van der Waals surface area contributed by atoms with Crippen LogP contribution in [0.1, 0.15) is 5.56 Å². The van der Waals surface area contributed by atoms with Crippen LogP contribution < -0.4 is 0 Å². The van der Waals surface area contributed by atoms with Gasteiger partial charge in [-0.15, -0.1) is 0 Å². The smallest absolute Gasteiger partial charge is 0.124 e. The Kier molecular flexibility index (Phi) is 3.75. The molecule has 1 heterocycles. The molecule has 1 N–H and O–H groups in total. The summed E-state index contributed by atoms with van der Waals surface area (Å²) in [6.45, 7) is 0. The molecule has 0 saturated carbocycles. The summed E-state index contributed by atoms with van der Waals surface area (Å²) in [7, 11) is 0. The lowest BCUT2D eigenvalue weighted by Crippen LogP contribution is -1.86. The van der Waals surface area contributed by atoms with Crippen molar-refractivity contribution in [2.75, 3.05) is 0 Å². The van der Waals surface area contributed by atoms with Gasteiger partial charge in [-0.2, -0.15) is 0 Å². The third-order valence-corrected chi connectivity index (χ3v) is 4.67. The summed E-state index contributed by atoms with van der Waals surface area (Å²) in [5, 5.41) is 13.3. The number of aliphatic imine (C=N–C) groups is 1. The minimum atomic E-state index is 0.215. The molecule has 0 bridgehead atoms. The molecule has 116 valence electrons. The summed E-state index contributed by atoms with van der Waals surface area (Å²) in [5.41, 5.74) is 2.30. The van der Waals surface area contributed by atoms with Crippen LogP contribution in [0.25, 0.3) is 21.7 Å². The zero-order valence-corrected chi connectivity index (χ0v) is 14.2. The van der Waals surface area contributed by atoms with E-state index in [1.165, 1.54) is 0 Å². The normalized spacial score (nSPS) is 11.5. The Labute approximate surface area is 147 Å². The minimum Gasteiger partial charge on any atom is -0.507 e. The van der Waals surface area contributed by atoms with Crippen LogP contribution in [0.4, 0.5) is 5.69 Å². The van der Waals surface area contributed by atoms with Crippen molar-refractivity contribution in [3.05, 3.63) is 76.9 Å². The Balaban J connectivity index is 1.88. The maximum atomic E-state index is 10.2. The molecule has 0 aliphatic carbocycles. The quantitative estimate of drug-likeness (QED) is 0.462. The van der Waals surface area contributed by atoms with Crippen molar-refractivity contribution >= 4 is 49.5 Å². The number of pyridine rings is 1. The van der Waals surface area contributed by atoms with E-state index in [2.05, 4.69) is 25.9 Å². The summed E-state index contributed by atoms with van der Waals surface area (Å²) < 4.78 is 0.984. The molecule has 4 aromatic rings. The van der Waals surface area contributed by atoms with E-state index in [9.17, 15) is 5.11 Å². The molecular formula is C20H13BrN2O. The van der Waals surface area contributed by atoms with Crippen molar-refractivity contribution in [2.45, 2.75) is 0 Å². The van der Waals surface area contributed by atoms with Gasteiger partial charge in [0.15, 0.2) is 0 Å².